The summed E-state index contributed by atoms with van der Waals surface area (Å²) in [7, 11) is 1.96. The minimum Gasteiger partial charge on any atom is -0.399 e. The maximum Gasteiger partial charge on any atom is 0.128 e. The predicted molar refractivity (Wildman–Crippen MR) is 78.8 cm³/mol. The summed E-state index contributed by atoms with van der Waals surface area (Å²) >= 11 is 0. The van der Waals surface area contributed by atoms with Gasteiger partial charge in [0.15, 0.2) is 0 Å². The molecule has 1 unspecified atom stereocenters. The summed E-state index contributed by atoms with van der Waals surface area (Å²) in [5.74, 6) is -0.177. The topological polar surface area (TPSA) is 29.3 Å². The second-order valence-corrected chi connectivity index (χ2v) is 4.85. The van der Waals surface area contributed by atoms with Crippen LogP contribution in [0.5, 0.6) is 0 Å². The fraction of sp³-hybridized carbons (Fsp3) is 0.250. The lowest BCUT2D eigenvalue weighted by atomic mass is 10.0. The average Bonchev–Trinajstić information content (AvgIpc) is 2.40. The fourth-order valence-corrected chi connectivity index (χ4v) is 2.24. The van der Waals surface area contributed by atoms with Gasteiger partial charge >= 0.3 is 0 Å². The lowest BCUT2D eigenvalue weighted by molar-refractivity contribution is 0.585. The minimum atomic E-state index is -0.177. The van der Waals surface area contributed by atoms with Crippen molar-refractivity contribution in [3.05, 3.63) is 59.4 Å². The SMILES string of the molecule is Cc1ccc(N)cc1N(C)C(C)c1ccccc1F. The van der Waals surface area contributed by atoms with Crippen LogP contribution in [0.15, 0.2) is 42.5 Å². The van der Waals surface area contributed by atoms with E-state index >= 15 is 0 Å². The zero-order valence-electron chi connectivity index (χ0n) is 11.5. The first-order valence-corrected chi connectivity index (χ1v) is 6.34. The second-order valence-electron chi connectivity index (χ2n) is 4.85. The molecule has 0 radical (unpaired) electrons. The number of aryl methyl sites for hydroxylation is 1. The van der Waals surface area contributed by atoms with Gasteiger partial charge in [0.25, 0.3) is 0 Å². The van der Waals surface area contributed by atoms with Gasteiger partial charge in [-0.25, -0.2) is 4.39 Å². The smallest absolute Gasteiger partial charge is 0.128 e. The van der Waals surface area contributed by atoms with Crippen LogP contribution in [0.2, 0.25) is 0 Å². The van der Waals surface area contributed by atoms with Crippen LogP contribution in [-0.4, -0.2) is 7.05 Å². The van der Waals surface area contributed by atoms with Crippen molar-refractivity contribution in [2.24, 2.45) is 0 Å². The lowest BCUT2D eigenvalue weighted by Gasteiger charge is -2.29. The molecule has 1 atom stereocenters. The Kier molecular flexibility index (Phi) is 3.74. The van der Waals surface area contributed by atoms with Crippen molar-refractivity contribution in [3.8, 4) is 0 Å². The van der Waals surface area contributed by atoms with Gasteiger partial charge in [-0.05, 0) is 37.6 Å². The number of hydrogen-bond donors (Lipinski definition) is 1. The molecule has 0 amide bonds. The highest BCUT2D eigenvalue weighted by molar-refractivity contribution is 5.61. The number of nitrogens with zero attached hydrogens (tertiary/aromatic N) is 1. The fourth-order valence-electron chi connectivity index (χ4n) is 2.24. The predicted octanol–water partition coefficient (Wildman–Crippen LogP) is 3.91. The molecule has 0 aromatic heterocycles. The normalized spacial score (nSPS) is 12.2. The van der Waals surface area contributed by atoms with E-state index < -0.39 is 0 Å². The van der Waals surface area contributed by atoms with Crippen LogP contribution in [0.3, 0.4) is 0 Å². The zero-order chi connectivity index (χ0) is 14.0. The van der Waals surface area contributed by atoms with Crippen LogP contribution in [0.4, 0.5) is 15.8 Å². The Morgan fingerprint density at radius 3 is 2.53 bits per heavy atom. The summed E-state index contributed by atoms with van der Waals surface area (Å²) in [6.45, 7) is 4.01. The molecule has 2 nitrogen and oxygen atoms in total. The highest BCUT2D eigenvalue weighted by Crippen LogP contribution is 2.30. The highest BCUT2D eigenvalue weighted by Gasteiger charge is 2.17. The van der Waals surface area contributed by atoms with E-state index in [1.807, 2.05) is 56.1 Å². The van der Waals surface area contributed by atoms with Crippen LogP contribution in [0.1, 0.15) is 24.1 Å². The van der Waals surface area contributed by atoms with E-state index in [2.05, 4.69) is 0 Å². The van der Waals surface area contributed by atoms with Crippen molar-refractivity contribution in [1.82, 2.24) is 0 Å². The Hall–Kier alpha value is -2.03. The molecule has 0 heterocycles. The Morgan fingerprint density at radius 2 is 1.84 bits per heavy atom. The molecule has 0 saturated heterocycles. The van der Waals surface area contributed by atoms with Crippen LogP contribution in [-0.2, 0) is 0 Å². The maximum absolute atomic E-state index is 13.8. The van der Waals surface area contributed by atoms with E-state index in [0.717, 1.165) is 11.3 Å². The molecule has 2 N–H and O–H groups in total. The number of nitrogen functional groups attached to an aromatic ring is 1. The van der Waals surface area contributed by atoms with E-state index in [0.29, 0.717) is 11.3 Å². The van der Waals surface area contributed by atoms with Crippen LogP contribution < -0.4 is 10.6 Å². The standard InChI is InChI=1S/C16H19FN2/c1-11-8-9-13(18)10-16(11)19(3)12(2)14-6-4-5-7-15(14)17/h4-10,12H,18H2,1-3H3. The average molecular weight is 258 g/mol. The maximum atomic E-state index is 13.8. The van der Waals surface area contributed by atoms with E-state index in [1.165, 1.54) is 6.07 Å². The van der Waals surface area contributed by atoms with Gasteiger partial charge in [0, 0.05) is 24.0 Å². The molecule has 0 aliphatic rings. The van der Waals surface area contributed by atoms with Crippen LogP contribution in [0.25, 0.3) is 0 Å². The molecule has 2 rings (SSSR count). The van der Waals surface area contributed by atoms with Crippen LogP contribution in [0, 0.1) is 12.7 Å². The zero-order valence-corrected chi connectivity index (χ0v) is 11.5. The van der Waals surface area contributed by atoms with Gasteiger partial charge in [0.2, 0.25) is 0 Å². The third kappa shape index (κ3) is 2.70. The molecule has 0 aliphatic heterocycles. The van der Waals surface area contributed by atoms with Gasteiger partial charge < -0.3 is 10.6 Å². The Balaban J connectivity index is 2.36. The van der Waals surface area contributed by atoms with Crippen molar-refractivity contribution < 1.29 is 4.39 Å². The van der Waals surface area contributed by atoms with Gasteiger partial charge in [-0.15, -0.1) is 0 Å². The van der Waals surface area contributed by atoms with Crippen molar-refractivity contribution in [3.63, 3.8) is 0 Å². The molecule has 0 bridgehead atoms. The number of benzene rings is 2. The molecule has 0 spiro atoms. The first kappa shape index (κ1) is 13.4. The van der Waals surface area contributed by atoms with Gasteiger partial charge in [-0.3, -0.25) is 0 Å². The first-order valence-electron chi connectivity index (χ1n) is 6.34. The van der Waals surface area contributed by atoms with Crippen molar-refractivity contribution >= 4 is 11.4 Å². The molecule has 100 valence electrons. The Morgan fingerprint density at radius 1 is 1.16 bits per heavy atom. The van der Waals surface area contributed by atoms with Gasteiger partial charge in [0.05, 0.1) is 6.04 Å². The Bertz CT molecular complexity index is 581. The van der Waals surface area contributed by atoms with Crippen LogP contribution >= 0.6 is 0 Å². The lowest BCUT2D eigenvalue weighted by Crippen LogP contribution is -2.23. The van der Waals surface area contributed by atoms with Crippen molar-refractivity contribution in [2.45, 2.75) is 19.9 Å². The monoisotopic (exact) mass is 258 g/mol. The molecule has 0 fully saturated rings. The summed E-state index contributed by atoms with van der Waals surface area (Å²) in [5, 5.41) is 0. The number of hydrogen-bond acceptors (Lipinski definition) is 2. The molecule has 0 saturated carbocycles. The number of rotatable bonds is 3. The molecule has 2 aromatic rings. The van der Waals surface area contributed by atoms with E-state index in [-0.39, 0.29) is 11.9 Å². The summed E-state index contributed by atoms with van der Waals surface area (Å²) in [6.07, 6.45) is 0. The van der Waals surface area contributed by atoms with E-state index in [9.17, 15) is 4.39 Å². The third-order valence-corrected chi connectivity index (χ3v) is 3.55. The molecule has 19 heavy (non-hydrogen) atoms. The number of anilines is 2. The van der Waals surface area contributed by atoms with Crippen molar-refractivity contribution in [2.75, 3.05) is 17.7 Å². The van der Waals surface area contributed by atoms with Gasteiger partial charge in [-0.2, -0.15) is 0 Å². The van der Waals surface area contributed by atoms with Crippen molar-refractivity contribution in [1.29, 1.82) is 0 Å². The minimum absolute atomic E-state index is 0.0540. The van der Waals surface area contributed by atoms with Gasteiger partial charge in [0.1, 0.15) is 5.82 Å². The quantitative estimate of drug-likeness (QED) is 0.846. The summed E-state index contributed by atoms with van der Waals surface area (Å²) < 4.78 is 13.8. The highest BCUT2D eigenvalue weighted by atomic mass is 19.1. The molecule has 0 aliphatic carbocycles. The third-order valence-electron chi connectivity index (χ3n) is 3.55. The molecule has 2 aromatic carbocycles. The molecule has 3 heteroatoms. The summed E-state index contributed by atoms with van der Waals surface area (Å²) in [4.78, 5) is 2.05. The first-order chi connectivity index (χ1) is 9.00. The van der Waals surface area contributed by atoms with Gasteiger partial charge in [-0.1, -0.05) is 24.3 Å². The summed E-state index contributed by atoms with van der Waals surface area (Å²) in [5.41, 5.74) is 9.38. The van der Waals surface area contributed by atoms with E-state index in [1.54, 1.807) is 6.07 Å². The molecular formula is C16H19FN2. The number of nitrogens with two attached hydrogens (primary N) is 1. The van der Waals surface area contributed by atoms with E-state index in [4.69, 9.17) is 5.73 Å². The summed E-state index contributed by atoms with van der Waals surface area (Å²) in [6, 6.07) is 12.6. The Labute approximate surface area is 113 Å². The molecular weight excluding hydrogens is 239 g/mol. The second kappa shape index (κ2) is 5.31. The largest absolute Gasteiger partial charge is 0.399 e. The number of halogens is 1.